The van der Waals surface area contributed by atoms with Gasteiger partial charge in [-0.05, 0) is 174 Å². The van der Waals surface area contributed by atoms with Gasteiger partial charge in [0.1, 0.15) is 0 Å². The van der Waals surface area contributed by atoms with Crippen LogP contribution in [0.4, 0.5) is 34.1 Å². The van der Waals surface area contributed by atoms with Gasteiger partial charge in [-0.25, -0.2) is 0 Å². The molecule has 0 fully saturated rings. The van der Waals surface area contributed by atoms with Crippen LogP contribution in [0.15, 0.2) is 78.9 Å². The van der Waals surface area contributed by atoms with Gasteiger partial charge in [-0.3, -0.25) is 0 Å². The lowest BCUT2D eigenvalue weighted by Gasteiger charge is -2.45. The third kappa shape index (κ3) is 4.86. The molecule has 0 amide bonds. The molecule has 0 radical (unpaired) electrons. The average molecular weight is 917 g/mol. The van der Waals surface area contributed by atoms with Crippen LogP contribution in [0.3, 0.4) is 0 Å². The van der Waals surface area contributed by atoms with Gasteiger partial charge >= 0.3 is 0 Å². The predicted molar refractivity (Wildman–Crippen MR) is 300 cm³/mol. The molecule has 0 bridgehead atoms. The van der Waals surface area contributed by atoms with Gasteiger partial charge in [-0.15, -0.1) is 0 Å². The first-order valence-corrected chi connectivity index (χ1v) is 26.7. The molecular formula is C66H85BN2. The number of fused-ring (bicyclic) bond motifs is 8. The molecule has 11 rings (SSSR count). The maximum atomic E-state index is 2.72. The Balaban J connectivity index is 1.27. The standard InChI is InChI=1S/C66H85BN2/c1-55(2)40-30-28-38(32-42(40)57(5,6)63(55,17)18)68-50-26-25-27-51-54(50)67(48-34-44-46(36-52(48)68)61(13,14)65(21,22)59(44,9)10)49-35-45-47(62(15,16)66(23,24)60(45,11)12)37-53(49)69(51)39-29-31-41-43(33-39)58(7,8)64(19,20)56(41,3)4/h25-37H,1-24H3. The van der Waals surface area contributed by atoms with Crippen LogP contribution in [-0.4, -0.2) is 6.71 Å². The lowest BCUT2D eigenvalue weighted by atomic mass is 9.33. The molecule has 0 saturated heterocycles. The maximum absolute atomic E-state index is 2.72. The number of hydrogen-bond donors (Lipinski definition) is 0. The van der Waals surface area contributed by atoms with E-state index >= 15 is 0 Å². The van der Waals surface area contributed by atoms with Crippen molar-refractivity contribution in [2.24, 2.45) is 21.7 Å². The van der Waals surface area contributed by atoms with Gasteiger partial charge in [-0.1, -0.05) is 197 Å². The highest BCUT2D eigenvalue weighted by molar-refractivity contribution is 7.00. The summed E-state index contributed by atoms with van der Waals surface area (Å²) in [7, 11) is 0. The van der Waals surface area contributed by atoms with Gasteiger partial charge in [0.2, 0.25) is 0 Å². The molecule has 362 valence electrons. The van der Waals surface area contributed by atoms with Crippen molar-refractivity contribution in [2.45, 2.75) is 209 Å². The molecule has 2 heterocycles. The van der Waals surface area contributed by atoms with Crippen molar-refractivity contribution >= 4 is 57.2 Å². The zero-order chi connectivity index (χ0) is 50.7. The summed E-state index contributed by atoms with van der Waals surface area (Å²) in [6.07, 6.45) is 0. The monoisotopic (exact) mass is 917 g/mol. The molecule has 69 heavy (non-hydrogen) atoms. The number of rotatable bonds is 2. The van der Waals surface area contributed by atoms with Crippen molar-refractivity contribution < 1.29 is 0 Å². The van der Waals surface area contributed by atoms with Crippen molar-refractivity contribution in [3.63, 3.8) is 0 Å². The first-order chi connectivity index (χ1) is 31.3. The van der Waals surface area contributed by atoms with E-state index in [1.165, 1.54) is 95.0 Å². The average Bonchev–Trinajstić information content (AvgIpc) is 3.54. The van der Waals surface area contributed by atoms with E-state index in [1.807, 2.05) is 0 Å². The molecule has 2 nitrogen and oxygen atoms in total. The Labute approximate surface area is 419 Å². The second-order valence-corrected chi connectivity index (χ2v) is 29.7. The Kier molecular flexibility index (Phi) is 8.66. The summed E-state index contributed by atoms with van der Waals surface area (Å²) >= 11 is 0. The summed E-state index contributed by atoms with van der Waals surface area (Å²) in [4.78, 5) is 5.41. The third-order valence-electron chi connectivity index (χ3n) is 25.7. The molecule has 2 aliphatic heterocycles. The largest absolute Gasteiger partial charge is 0.311 e. The van der Waals surface area contributed by atoms with Crippen LogP contribution in [0.1, 0.15) is 211 Å². The Morgan fingerprint density at radius 2 is 0.536 bits per heavy atom. The van der Waals surface area contributed by atoms with Crippen LogP contribution in [0, 0.1) is 21.7 Å². The van der Waals surface area contributed by atoms with Gasteiger partial charge in [0.05, 0.1) is 0 Å². The van der Waals surface area contributed by atoms with Crippen molar-refractivity contribution in [1.29, 1.82) is 0 Å². The molecule has 6 aliphatic rings. The van der Waals surface area contributed by atoms with Gasteiger partial charge < -0.3 is 9.80 Å². The minimum atomic E-state index is -0.0452. The van der Waals surface area contributed by atoms with Crippen LogP contribution in [-0.2, 0) is 43.3 Å². The van der Waals surface area contributed by atoms with Crippen molar-refractivity contribution in [3.8, 4) is 0 Å². The van der Waals surface area contributed by atoms with Crippen LogP contribution >= 0.6 is 0 Å². The molecule has 0 saturated carbocycles. The second-order valence-electron chi connectivity index (χ2n) is 29.7. The Morgan fingerprint density at radius 3 is 0.841 bits per heavy atom. The molecule has 4 aliphatic carbocycles. The van der Waals surface area contributed by atoms with E-state index in [2.05, 4.69) is 255 Å². The zero-order valence-corrected chi connectivity index (χ0v) is 47.5. The normalized spacial score (nSPS) is 25.2. The third-order valence-corrected chi connectivity index (χ3v) is 25.7. The molecule has 0 N–H and O–H groups in total. The second kappa shape index (κ2) is 12.7. The fraction of sp³-hybridized carbons (Fsp3) is 0.545. The zero-order valence-electron chi connectivity index (χ0n) is 47.5. The number of benzene rings is 5. The van der Waals surface area contributed by atoms with E-state index in [-0.39, 0.29) is 71.7 Å². The highest BCUT2D eigenvalue weighted by Crippen LogP contribution is 2.67. The lowest BCUT2D eigenvalue weighted by Crippen LogP contribution is -2.61. The van der Waals surface area contributed by atoms with Gasteiger partial charge in [0.25, 0.3) is 6.71 Å². The predicted octanol–water partition coefficient (Wildman–Crippen LogP) is 16.1. The highest BCUT2D eigenvalue weighted by atomic mass is 15.2. The quantitative estimate of drug-likeness (QED) is 0.159. The van der Waals surface area contributed by atoms with E-state index in [1.54, 1.807) is 0 Å². The fourth-order valence-electron chi connectivity index (χ4n) is 15.9. The van der Waals surface area contributed by atoms with Gasteiger partial charge in [0.15, 0.2) is 0 Å². The molecule has 3 heteroatoms. The molecule has 5 aromatic carbocycles. The molecule has 0 atom stereocenters. The van der Waals surface area contributed by atoms with Crippen LogP contribution in [0.2, 0.25) is 0 Å². The topological polar surface area (TPSA) is 6.48 Å². The van der Waals surface area contributed by atoms with E-state index in [0.717, 1.165) is 0 Å². The van der Waals surface area contributed by atoms with E-state index < -0.39 is 0 Å². The SMILES string of the molecule is CC1(C)c2ccc(N3c4cc5c(cc4B4c6cc7c(cc6N(c6ccc8c(c6)C(C)(C)C(C)(C)C8(C)C)c6cccc3c64)C(C)(C)C(C)(C)C7(C)C)C(C)(C)C(C)(C)C5(C)C)cc2C(C)(C)C1(C)C. The van der Waals surface area contributed by atoms with Crippen LogP contribution in [0.5, 0.6) is 0 Å². The first kappa shape index (κ1) is 47.1. The summed E-state index contributed by atoms with van der Waals surface area (Å²) in [6, 6.07) is 33.2. The van der Waals surface area contributed by atoms with E-state index in [0.29, 0.717) is 0 Å². The summed E-state index contributed by atoms with van der Waals surface area (Å²) in [6.45, 7) is 60.1. The Morgan fingerprint density at radius 1 is 0.275 bits per heavy atom. The Hall–Kier alpha value is -4.24. The maximum Gasteiger partial charge on any atom is 0.252 e. The Bertz CT molecular complexity index is 2930. The van der Waals surface area contributed by atoms with E-state index in [9.17, 15) is 0 Å². The first-order valence-electron chi connectivity index (χ1n) is 26.7. The minimum Gasteiger partial charge on any atom is -0.311 e. The molecule has 0 aromatic heterocycles. The molecular weight excluding hydrogens is 832 g/mol. The van der Waals surface area contributed by atoms with Crippen LogP contribution in [0.25, 0.3) is 0 Å². The molecule has 5 aromatic rings. The minimum absolute atomic E-state index is 0.0254. The summed E-state index contributed by atoms with van der Waals surface area (Å²) in [5, 5.41) is 0. The molecule has 0 unspecified atom stereocenters. The van der Waals surface area contributed by atoms with Crippen molar-refractivity contribution in [1.82, 2.24) is 0 Å². The van der Waals surface area contributed by atoms with Crippen molar-refractivity contribution in [3.05, 3.63) is 123 Å². The molecule has 0 spiro atoms. The smallest absolute Gasteiger partial charge is 0.252 e. The number of nitrogens with zero attached hydrogens (tertiary/aromatic N) is 2. The lowest BCUT2D eigenvalue weighted by molar-refractivity contribution is 0.125. The van der Waals surface area contributed by atoms with Gasteiger partial charge in [0, 0.05) is 34.1 Å². The summed E-state index contributed by atoms with van der Waals surface area (Å²) < 4.78 is 0. The van der Waals surface area contributed by atoms with Crippen LogP contribution < -0.4 is 26.2 Å². The number of anilines is 6. The fourth-order valence-corrected chi connectivity index (χ4v) is 15.9. The summed E-state index contributed by atoms with van der Waals surface area (Å²) in [5.41, 5.74) is 24.0. The highest BCUT2D eigenvalue weighted by Gasteiger charge is 2.62. The summed E-state index contributed by atoms with van der Waals surface area (Å²) in [5.74, 6) is 0. The van der Waals surface area contributed by atoms with Gasteiger partial charge in [-0.2, -0.15) is 0 Å². The van der Waals surface area contributed by atoms with Crippen molar-refractivity contribution in [2.75, 3.05) is 9.80 Å². The van der Waals surface area contributed by atoms with E-state index in [4.69, 9.17) is 0 Å². The number of hydrogen-bond acceptors (Lipinski definition) is 2.